The van der Waals surface area contributed by atoms with Gasteiger partial charge in [-0.3, -0.25) is 0 Å². The Hall–Kier alpha value is 0.763. The van der Waals surface area contributed by atoms with Crippen molar-refractivity contribution >= 4 is 28.9 Å². The SMILES string of the molecule is CCCCCCCCCCCCCCCCCc1ccc(SP([O-])([O-])=S)c(CCCCCCCCCCCCCCCCC)c1.[Zn+2]. The quantitative estimate of drug-likeness (QED) is 0.0400. The van der Waals surface area contributed by atoms with Crippen molar-refractivity contribution in [2.24, 2.45) is 0 Å². The summed E-state index contributed by atoms with van der Waals surface area (Å²) in [6, 6.07) is 6.43. The Bertz CT molecular complexity index is 831. The van der Waals surface area contributed by atoms with Crippen LogP contribution in [0.2, 0.25) is 0 Å². The molecule has 6 heteroatoms. The first-order valence-electron chi connectivity index (χ1n) is 19.8. The van der Waals surface area contributed by atoms with E-state index in [0.29, 0.717) is 0 Å². The molecule has 0 fully saturated rings. The van der Waals surface area contributed by atoms with Crippen molar-refractivity contribution in [1.29, 1.82) is 0 Å². The Morgan fingerprint density at radius 1 is 0.478 bits per heavy atom. The smallest absolute Gasteiger partial charge is 0.824 e. The second-order valence-electron chi connectivity index (χ2n) is 13.9. The molecule has 0 N–H and O–H groups in total. The van der Waals surface area contributed by atoms with Crippen molar-refractivity contribution in [3.8, 4) is 0 Å². The maximum absolute atomic E-state index is 11.9. The molecule has 2 nitrogen and oxygen atoms in total. The molecular weight excluding hydrogens is 673 g/mol. The summed E-state index contributed by atoms with van der Waals surface area (Å²) in [6.45, 7) is 4.58. The first-order valence-corrected chi connectivity index (χ1v) is 23.9. The number of aryl methyl sites for hydroxylation is 2. The van der Waals surface area contributed by atoms with Crippen molar-refractivity contribution in [2.75, 3.05) is 0 Å². The van der Waals surface area contributed by atoms with Gasteiger partial charge in [0.15, 0.2) is 0 Å². The van der Waals surface area contributed by atoms with Crippen molar-refractivity contribution < 1.29 is 29.3 Å². The van der Waals surface area contributed by atoms with Crippen LogP contribution in [-0.2, 0) is 44.1 Å². The van der Waals surface area contributed by atoms with E-state index in [2.05, 4.69) is 26.0 Å². The minimum atomic E-state index is -3.81. The molecule has 0 aliphatic heterocycles. The zero-order valence-electron chi connectivity index (χ0n) is 30.6. The zero-order chi connectivity index (χ0) is 32.7. The summed E-state index contributed by atoms with van der Waals surface area (Å²) >= 11 is 5.63. The number of hydrogen-bond donors (Lipinski definition) is 0. The average molecular weight is 747 g/mol. The monoisotopic (exact) mass is 744 g/mol. The molecule has 0 radical (unpaired) electrons. The van der Waals surface area contributed by atoms with Gasteiger partial charge in [0.25, 0.3) is 0 Å². The summed E-state index contributed by atoms with van der Waals surface area (Å²) in [7, 11) is 0. The van der Waals surface area contributed by atoms with Crippen LogP contribution in [0.15, 0.2) is 23.1 Å². The summed E-state index contributed by atoms with van der Waals surface area (Å²) in [5.41, 5.74) is -1.26. The fourth-order valence-corrected chi connectivity index (χ4v) is 9.21. The van der Waals surface area contributed by atoms with E-state index in [4.69, 9.17) is 11.8 Å². The van der Waals surface area contributed by atoms with Crippen molar-refractivity contribution in [2.45, 2.75) is 224 Å². The molecule has 0 saturated heterocycles. The van der Waals surface area contributed by atoms with Crippen LogP contribution in [-0.4, -0.2) is 0 Å². The second-order valence-corrected chi connectivity index (χ2v) is 19.5. The van der Waals surface area contributed by atoms with E-state index in [1.807, 2.05) is 6.07 Å². The third kappa shape index (κ3) is 30.8. The van der Waals surface area contributed by atoms with E-state index < -0.39 is 5.69 Å². The summed E-state index contributed by atoms with van der Waals surface area (Å²) in [6.07, 6.45) is 43.3. The maximum atomic E-state index is 11.9. The van der Waals surface area contributed by atoms with Crippen LogP contribution in [0, 0.1) is 0 Å². The number of unbranched alkanes of at least 4 members (excludes halogenated alkanes) is 28. The summed E-state index contributed by atoms with van der Waals surface area (Å²) < 4.78 is 0. The molecule has 264 valence electrons. The van der Waals surface area contributed by atoms with Gasteiger partial charge in [-0.1, -0.05) is 206 Å². The van der Waals surface area contributed by atoms with Crippen LogP contribution in [0.25, 0.3) is 0 Å². The predicted octanol–water partition coefficient (Wildman–Crippen LogP) is 13.5. The standard InChI is InChI=1S/C40H75O2PS2.Zn/c1-3-5-7-9-11-13-15-17-19-21-23-25-27-29-31-33-38-35-36-40(45-43(41,42)44)39(37-38)34-32-30-28-26-24-22-20-18-16-14-12-10-8-6-4-2;/h35-37H,3-34H2,1-2H3,(H2,41,42,44);/q;+2/p-2. The van der Waals surface area contributed by atoms with E-state index in [1.165, 1.54) is 197 Å². The molecule has 0 amide bonds. The normalized spacial score (nSPS) is 11.7. The van der Waals surface area contributed by atoms with E-state index >= 15 is 0 Å². The zero-order valence-corrected chi connectivity index (χ0v) is 36.1. The number of rotatable bonds is 34. The van der Waals surface area contributed by atoms with Crippen LogP contribution >= 0.6 is 17.1 Å². The molecule has 0 saturated carbocycles. The summed E-state index contributed by atoms with van der Waals surface area (Å²) in [4.78, 5) is 24.6. The van der Waals surface area contributed by atoms with Crippen LogP contribution in [0.1, 0.15) is 218 Å². The van der Waals surface area contributed by atoms with Crippen LogP contribution in [0.4, 0.5) is 0 Å². The van der Waals surface area contributed by atoms with Crippen molar-refractivity contribution in [1.82, 2.24) is 0 Å². The maximum Gasteiger partial charge on any atom is 2.00 e. The van der Waals surface area contributed by atoms with Gasteiger partial charge < -0.3 is 9.79 Å². The molecule has 0 heterocycles. The van der Waals surface area contributed by atoms with Crippen molar-refractivity contribution in [3.05, 3.63) is 29.3 Å². The Morgan fingerprint density at radius 3 is 1.11 bits per heavy atom. The van der Waals surface area contributed by atoms with Gasteiger partial charge in [0.05, 0.1) is 0 Å². The molecule has 0 aromatic heterocycles. The molecule has 0 atom stereocenters. The van der Waals surface area contributed by atoms with Gasteiger partial charge in [-0.05, 0) is 42.9 Å². The topological polar surface area (TPSA) is 46.1 Å². The minimum absolute atomic E-state index is 0. The molecule has 0 aliphatic carbocycles. The minimum Gasteiger partial charge on any atom is -0.824 e. The van der Waals surface area contributed by atoms with Crippen LogP contribution in [0.3, 0.4) is 0 Å². The second kappa shape index (κ2) is 34.2. The summed E-state index contributed by atoms with van der Waals surface area (Å²) in [5, 5.41) is 0. The molecule has 1 rings (SSSR count). The van der Waals surface area contributed by atoms with Gasteiger partial charge in [0, 0.05) is 4.90 Å². The van der Waals surface area contributed by atoms with E-state index in [-0.39, 0.29) is 19.5 Å². The first kappa shape index (κ1) is 46.8. The Morgan fingerprint density at radius 2 is 0.783 bits per heavy atom. The van der Waals surface area contributed by atoms with Gasteiger partial charge in [-0.15, -0.1) is 23.2 Å². The first-order chi connectivity index (χ1) is 22.0. The van der Waals surface area contributed by atoms with Gasteiger partial charge in [0.1, 0.15) is 0 Å². The van der Waals surface area contributed by atoms with Gasteiger partial charge in [0.2, 0.25) is 0 Å². The average Bonchev–Trinajstić information content (AvgIpc) is 3.01. The fourth-order valence-electron chi connectivity index (χ4n) is 6.58. The molecule has 0 spiro atoms. The van der Waals surface area contributed by atoms with E-state index in [0.717, 1.165) is 35.5 Å². The molecule has 0 aliphatic rings. The largest absolute Gasteiger partial charge is 2.00 e. The molecule has 1 aromatic carbocycles. The van der Waals surface area contributed by atoms with E-state index in [9.17, 15) is 9.79 Å². The van der Waals surface area contributed by atoms with Crippen molar-refractivity contribution in [3.63, 3.8) is 0 Å². The van der Waals surface area contributed by atoms with Crippen LogP contribution in [0.5, 0.6) is 0 Å². The molecule has 46 heavy (non-hydrogen) atoms. The molecule has 0 unspecified atom stereocenters. The summed E-state index contributed by atoms with van der Waals surface area (Å²) in [5.74, 6) is 0. The van der Waals surface area contributed by atoms with Gasteiger partial charge in [-0.2, -0.15) is 5.69 Å². The predicted molar refractivity (Wildman–Crippen MR) is 204 cm³/mol. The van der Waals surface area contributed by atoms with Gasteiger partial charge in [-0.25, -0.2) is 0 Å². The number of hydrogen-bond acceptors (Lipinski definition) is 4. The fraction of sp³-hybridized carbons (Fsp3) is 0.850. The third-order valence-electron chi connectivity index (χ3n) is 9.45. The van der Waals surface area contributed by atoms with Crippen LogP contribution < -0.4 is 9.79 Å². The third-order valence-corrected chi connectivity index (χ3v) is 12.2. The van der Waals surface area contributed by atoms with Gasteiger partial charge >= 0.3 is 19.5 Å². The molecular formula is C40H73O2PS2Zn. The Labute approximate surface area is 309 Å². The molecule has 1 aromatic rings. The van der Waals surface area contributed by atoms with E-state index in [1.54, 1.807) is 0 Å². The Balaban J connectivity index is 0.0000202. The number of benzene rings is 1. The Kier molecular flexibility index (Phi) is 34.8. The molecule has 0 bridgehead atoms.